The molecule has 0 spiro atoms. The quantitative estimate of drug-likeness (QED) is 0.570. The maximum absolute atomic E-state index is 10.9. The van der Waals surface area contributed by atoms with E-state index >= 15 is 0 Å². The zero-order valence-electron chi connectivity index (χ0n) is 10.8. The molecule has 0 aliphatic carbocycles. The number of aromatic nitrogens is 2. The molecule has 0 aromatic carbocycles. The van der Waals surface area contributed by atoms with Crippen LogP contribution in [0.5, 0.6) is 0 Å². The zero-order valence-corrected chi connectivity index (χ0v) is 10.8. The standard InChI is InChI=1S/C13H15N3O4/c1-7(18)14-5-11(19)12(20)8-2-10-9(6-17)4-16-13(10)15-3-8/h2-4,6,11-12,19-20H,5H2,1H3,(H,14,18)(H,15,16). The summed E-state index contributed by atoms with van der Waals surface area (Å²) in [6, 6.07) is 1.59. The minimum atomic E-state index is -1.20. The van der Waals surface area contributed by atoms with Gasteiger partial charge in [0.15, 0.2) is 6.29 Å². The summed E-state index contributed by atoms with van der Waals surface area (Å²) in [6.07, 6.45) is 1.26. The molecule has 4 N–H and O–H groups in total. The van der Waals surface area contributed by atoms with E-state index in [0.29, 0.717) is 28.4 Å². The van der Waals surface area contributed by atoms with E-state index in [1.165, 1.54) is 19.3 Å². The number of aldehydes is 1. The number of aliphatic hydroxyl groups is 2. The van der Waals surface area contributed by atoms with Gasteiger partial charge in [-0.2, -0.15) is 0 Å². The third-order valence-corrected chi connectivity index (χ3v) is 2.98. The number of amides is 1. The Labute approximate surface area is 114 Å². The van der Waals surface area contributed by atoms with Crippen LogP contribution in [0, 0.1) is 0 Å². The van der Waals surface area contributed by atoms with Crippen molar-refractivity contribution >= 4 is 23.2 Å². The van der Waals surface area contributed by atoms with Gasteiger partial charge in [0.1, 0.15) is 17.9 Å². The topological polar surface area (TPSA) is 115 Å². The van der Waals surface area contributed by atoms with Crippen molar-refractivity contribution < 1.29 is 19.8 Å². The Hall–Kier alpha value is -2.25. The molecule has 106 valence electrons. The first-order valence-electron chi connectivity index (χ1n) is 6.05. The number of aromatic amines is 1. The maximum atomic E-state index is 10.9. The van der Waals surface area contributed by atoms with Crippen LogP contribution in [0.4, 0.5) is 0 Å². The van der Waals surface area contributed by atoms with Crippen molar-refractivity contribution in [1.82, 2.24) is 15.3 Å². The lowest BCUT2D eigenvalue weighted by atomic mass is 10.0. The van der Waals surface area contributed by atoms with E-state index in [1.54, 1.807) is 6.07 Å². The lowest BCUT2D eigenvalue weighted by Crippen LogP contribution is -2.34. The molecular weight excluding hydrogens is 262 g/mol. The highest BCUT2D eigenvalue weighted by molar-refractivity contribution is 5.95. The fourth-order valence-corrected chi connectivity index (χ4v) is 1.88. The fourth-order valence-electron chi connectivity index (χ4n) is 1.88. The predicted octanol–water partition coefficient (Wildman–Crippen LogP) is -0.0942. The highest BCUT2D eigenvalue weighted by atomic mass is 16.3. The van der Waals surface area contributed by atoms with E-state index in [9.17, 15) is 19.8 Å². The Morgan fingerprint density at radius 3 is 2.95 bits per heavy atom. The molecule has 0 saturated carbocycles. The normalized spacial score (nSPS) is 13.9. The molecule has 2 rings (SSSR count). The lowest BCUT2D eigenvalue weighted by Gasteiger charge is -2.18. The van der Waals surface area contributed by atoms with Crippen LogP contribution in [0.15, 0.2) is 18.5 Å². The average molecular weight is 277 g/mol. The molecule has 1 amide bonds. The SMILES string of the molecule is CC(=O)NCC(O)C(O)c1cnc2[nH]cc(C=O)c2c1. The molecule has 2 aromatic rings. The number of hydrogen-bond acceptors (Lipinski definition) is 5. The number of carbonyl (C=O) groups is 2. The first kappa shape index (κ1) is 14.2. The van der Waals surface area contributed by atoms with Gasteiger partial charge in [0, 0.05) is 42.4 Å². The van der Waals surface area contributed by atoms with Gasteiger partial charge in [0.2, 0.25) is 5.91 Å². The number of H-pyrrole nitrogens is 1. The monoisotopic (exact) mass is 277 g/mol. The second-order valence-electron chi connectivity index (χ2n) is 4.48. The van der Waals surface area contributed by atoms with Crippen LogP contribution in [0.1, 0.15) is 28.9 Å². The van der Waals surface area contributed by atoms with Crippen LogP contribution in [-0.2, 0) is 4.79 Å². The second-order valence-corrected chi connectivity index (χ2v) is 4.48. The summed E-state index contributed by atoms with van der Waals surface area (Å²) in [7, 11) is 0. The molecule has 2 atom stereocenters. The van der Waals surface area contributed by atoms with Gasteiger partial charge >= 0.3 is 0 Å². The Bertz CT molecular complexity index is 638. The van der Waals surface area contributed by atoms with Crippen molar-refractivity contribution in [3.05, 3.63) is 29.6 Å². The number of pyridine rings is 1. The minimum absolute atomic E-state index is 0.0673. The summed E-state index contributed by atoms with van der Waals surface area (Å²) in [6.45, 7) is 1.26. The first-order valence-corrected chi connectivity index (χ1v) is 6.05. The molecule has 2 heterocycles. The highest BCUT2D eigenvalue weighted by Gasteiger charge is 2.20. The number of carbonyl (C=O) groups excluding carboxylic acids is 2. The molecule has 0 bridgehead atoms. The molecule has 0 aliphatic heterocycles. The summed E-state index contributed by atoms with van der Waals surface area (Å²) < 4.78 is 0. The minimum Gasteiger partial charge on any atom is -0.388 e. The van der Waals surface area contributed by atoms with E-state index in [1.807, 2.05) is 0 Å². The number of nitrogens with one attached hydrogen (secondary N) is 2. The highest BCUT2D eigenvalue weighted by Crippen LogP contribution is 2.22. The third-order valence-electron chi connectivity index (χ3n) is 2.98. The van der Waals surface area contributed by atoms with Gasteiger partial charge in [0.05, 0.1) is 0 Å². The molecule has 0 saturated heterocycles. The number of nitrogens with zero attached hydrogens (tertiary/aromatic N) is 1. The largest absolute Gasteiger partial charge is 0.388 e. The van der Waals surface area contributed by atoms with Crippen molar-refractivity contribution in [2.45, 2.75) is 19.1 Å². The first-order chi connectivity index (χ1) is 9.52. The molecule has 2 aromatic heterocycles. The van der Waals surface area contributed by atoms with Crippen molar-refractivity contribution in [2.24, 2.45) is 0 Å². The van der Waals surface area contributed by atoms with Crippen LogP contribution in [0.3, 0.4) is 0 Å². The summed E-state index contributed by atoms with van der Waals surface area (Å²) in [5.41, 5.74) is 1.33. The summed E-state index contributed by atoms with van der Waals surface area (Å²) in [5.74, 6) is -0.293. The summed E-state index contributed by atoms with van der Waals surface area (Å²) in [4.78, 5) is 28.5. The molecule has 0 fully saturated rings. The van der Waals surface area contributed by atoms with Crippen LogP contribution in [0.25, 0.3) is 11.0 Å². The number of hydrogen-bond donors (Lipinski definition) is 4. The van der Waals surface area contributed by atoms with Crippen LogP contribution < -0.4 is 5.32 Å². The number of aliphatic hydroxyl groups excluding tert-OH is 2. The molecule has 7 nitrogen and oxygen atoms in total. The van der Waals surface area contributed by atoms with Crippen molar-refractivity contribution in [1.29, 1.82) is 0 Å². The molecular formula is C13H15N3O4. The van der Waals surface area contributed by atoms with Gasteiger partial charge in [-0.1, -0.05) is 0 Å². The van der Waals surface area contributed by atoms with E-state index in [4.69, 9.17) is 0 Å². The van der Waals surface area contributed by atoms with Crippen molar-refractivity contribution in [3.8, 4) is 0 Å². The molecule has 0 radical (unpaired) electrons. The maximum Gasteiger partial charge on any atom is 0.216 e. The van der Waals surface area contributed by atoms with Gasteiger partial charge in [-0.3, -0.25) is 9.59 Å². The van der Waals surface area contributed by atoms with Gasteiger partial charge in [-0.25, -0.2) is 4.98 Å². The van der Waals surface area contributed by atoms with E-state index in [-0.39, 0.29) is 12.5 Å². The molecule has 0 aliphatic rings. The van der Waals surface area contributed by atoms with E-state index < -0.39 is 12.2 Å². The zero-order chi connectivity index (χ0) is 14.7. The third kappa shape index (κ3) is 2.84. The van der Waals surface area contributed by atoms with E-state index in [2.05, 4.69) is 15.3 Å². The smallest absolute Gasteiger partial charge is 0.216 e. The van der Waals surface area contributed by atoms with Gasteiger partial charge in [-0.05, 0) is 6.07 Å². The molecule has 2 unspecified atom stereocenters. The Kier molecular flexibility index (Phi) is 4.11. The Morgan fingerprint density at radius 1 is 1.55 bits per heavy atom. The number of fused-ring (bicyclic) bond motifs is 1. The second kappa shape index (κ2) is 5.81. The Balaban J connectivity index is 2.22. The fraction of sp³-hybridized carbons (Fsp3) is 0.308. The molecule has 7 heteroatoms. The van der Waals surface area contributed by atoms with Crippen molar-refractivity contribution in [3.63, 3.8) is 0 Å². The average Bonchev–Trinajstić information content (AvgIpc) is 2.85. The lowest BCUT2D eigenvalue weighted by molar-refractivity contribution is -0.119. The summed E-state index contributed by atoms with van der Waals surface area (Å²) >= 11 is 0. The summed E-state index contributed by atoms with van der Waals surface area (Å²) in [5, 5.41) is 22.8. The van der Waals surface area contributed by atoms with Crippen LogP contribution >= 0.6 is 0 Å². The van der Waals surface area contributed by atoms with Gasteiger partial charge < -0.3 is 20.5 Å². The van der Waals surface area contributed by atoms with Crippen molar-refractivity contribution in [2.75, 3.05) is 6.54 Å². The van der Waals surface area contributed by atoms with Crippen LogP contribution in [-0.4, -0.2) is 45.0 Å². The number of rotatable bonds is 5. The van der Waals surface area contributed by atoms with Crippen LogP contribution in [0.2, 0.25) is 0 Å². The van der Waals surface area contributed by atoms with E-state index in [0.717, 1.165) is 0 Å². The predicted molar refractivity (Wildman–Crippen MR) is 71.1 cm³/mol. The van der Waals surface area contributed by atoms with Gasteiger partial charge in [-0.15, -0.1) is 0 Å². The van der Waals surface area contributed by atoms with Gasteiger partial charge in [0.25, 0.3) is 0 Å². The molecule has 20 heavy (non-hydrogen) atoms. The Morgan fingerprint density at radius 2 is 2.30 bits per heavy atom.